The fourth-order valence-corrected chi connectivity index (χ4v) is 2.95. The van der Waals surface area contributed by atoms with Gasteiger partial charge < -0.3 is 10.1 Å². The maximum absolute atomic E-state index is 14.3. The predicted molar refractivity (Wildman–Crippen MR) is 115 cm³/mol. The summed E-state index contributed by atoms with van der Waals surface area (Å²) in [6, 6.07) is 17.4. The maximum atomic E-state index is 14.3. The fraction of sp³-hybridized carbons (Fsp3) is 0.0417. The van der Waals surface area contributed by atoms with Crippen molar-refractivity contribution in [3.63, 3.8) is 0 Å². The van der Waals surface area contributed by atoms with Crippen LogP contribution in [-0.2, 0) is 11.3 Å². The molecule has 1 amide bonds. The van der Waals surface area contributed by atoms with E-state index >= 15 is 0 Å². The second-order valence-corrected chi connectivity index (χ2v) is 6.61. The summed E-state index contributed by atoms with van der Waals surface area (Å²) in [5, 5.41) is 7.07. The van der Waals surface area contributed by atoms with Crippen LogP contribution in [0.3, 0.4) is 0 Å². The van der Waals surface area contributed by atoms with Gasteiger partial charge in [0.05, 0.1) is 11.9 Å². The third kappa shape index (κ3) is 5.22. The summed E-state index contributed by atoms with van der Waals surface area (Å²) in [4.78, 5) is 16.2. The van der Waals surface area contributed by atoms with Gasteiger partial charge in [-0.05, 0) is 53.6 Å². The van der Waals surface area contributed by atoms with E-state index in [4.69, 9.17) is 4.74 Å². The highest BCUT2D eigenvalue weighted by molar-refractivity contribution is 5.91. The third-order valence-electron chi connectivity index (χ3n) is 4.44. The molecule has 6 nitrogen and oxygen atoms in total. The average molecular weight is 414 g/mol. The first-order chi connectivity index (χ1) is 15.2. The highest BCUT2D eigenvalue weighted by atomic mass is 19.1. The van der Waals surface area contributed by atoms with Crippen molar-refractivity contribution in [2.75, 3.05) is 0 Å². The van der Waals surface area contributed by atoms with Crippen LogP contribution in [0.1, 0.15) is 11.1 Å². The van der Waals surface area contributed by atoms with Gasteiger partial charge in [0.2, 0.25) is 5.91 Å². The molecule has 0 spiro atoms. The highest BCUT2D eigenvalue weighted by Crippen LogP contribution is 2.24. The smallest absolute Gasteiger partial charge is 0.244 e. The molecule has 0 aliphatic carbocycles. The van der Waals surface area contributed by atoms with Gasteiger partial charge in [0.15, 0.2) is 11.6 Å². The molecule has 2 aromatic heterocycles. The molecule has 0 aliphatic rings. The number of ether oxygens (including phenoxy) is 1. The molecule has 2 heterocycles. The van der Waals surface area contributed by atoms with Gasteiger partial charge in [-0.15, -0.1) is 0 Å². The Balaban J connectivity index is 1.37. The van der Waals surface area contributed by atoms with E-state index in [1.54, 1.807) is 41.4 Å². The summed E-state index contributed by atoms with van der Waals surface area (Å²) in [6.07, 6.45) is 9.57. The topological polar surface area (TPSA) is 69.0 Å². The van der Waals surface area contributed by atoms with Crippen molar-refractivity contribution in [3.05, 3.63) is 108 Å². The van der Waals surface area contributed by atoms with Crippen LogP contribution in [0, 0.1) is 5.82 Å². The lowest BCUT2D eigenvalue weighted by Gasteiger charge is -2.09. The highest BCUT2D eigenvalue weighted by Gasteiger charge is 2.07. The van der Waals surface area contributed by atoms with Gasteiger partial charge in [-0.25, -0.2) is 9.07 Å². The van der Waals surface area contributed by atoms with Crippen LogP contribution in [0.25, 0.3) is 11.8 Å². The fourth-order valence-electron chi connectivity index (χ4n) is 2.95. The number of nitrogens with zero attached hydrogens (tertiary/aromatic N) is 3. The van der Waals surface area contributed by atoms with Crippen molar-refractivity contribution in [2.24, 2.45) is 0 Å². The molecule has 7 heteroatoms. The Morgan fingerprint density at radius 2 is 2.00 bits per heavy atom. The number of hydrogen-bond acceptors (Lipinski definition) is 4. The van der Waals surface area contributed by atoms with Crippen molar-refractivity contribution in [1.29, 1.82) is 0 Å². The van der Waals surface area contributed by atoms with Gasteiger partial charge in [-0.3, -0.25) is 9.78 Å². The van der Waals surface area contributed by atoms with E-state index < -0.39 is 5.82 Å². The Morgan fingerprint density at radius 3 is 2.77 bits per heavy atom. The lowest BCUT2D eigenvalue weighted by Crippen LogP contribution is -2.21. The molecular formula is C24H19FN4O2. The normalized spacial score (nSPS) is 10.9. The van der Waals surface area contributed by atoms with Gasteiger partial charge in [0.1, 0.15) is 5.75 Å². The molecule has 1 N–H and O–H groups in total. The van der Waals surface area contributed by atoms with Gasteiger partial charge >= 0.3 is 0 Å². The van der Waals surface area contributed by atoms with Crippen molar-refractivity contribution >= 4 is 12.0 Å². The summed E-state index contributed by atoms with van der Waals surface area (Å²) in [7, 11) is 0. The lowest BCUT2D eigenvalue weighted by atomic mass is 10.1. The second kappa shape index (κ2) is 9.49. The van der Waals surface area contributed by atoms with E-state index in [-0.39, 0.29) is 11.7 Å². The number of aromatic nitrogens is 3. The Bertz CT molecular complexity index is 1190. The van der Waals surface area contributed by atoms with Gasteiger partial charge in [-0.1, -0.05) is 24.3 Å². The zero-order valence-electron chi connectivity index (χ0n) is 16.5. The number of para-hydroxylation sites is 1. The molecule has 4 rings (SSSR count). The summed E-state index contributed by atoms with van der Waals surface area (Å²) in [5.41, 5.74) is 2.36. The standard InChI is InChI=1S/C24H19FN4O2/c25-21-15-18(8-10-23(21)31-20-6-3-12-26-17-20)9-11-24(30)27-16-19-5-1-2-7-22(19)29-14-4-13-28-29/h1-15,17H,16H2,(H,27,30)/b11-9+. The molecule has 0 fully saturated rings. The van der Waals surface area contributed by atoms with E-state index in [0.29, 0.717) is 17.9 Å². The van der Waals surface area contributed by atoms with Crippen molar-refractivity contribution in [1.82, 2.24) is 20.1 Å². The van der Waals surface area contributed by atoms with Gasteiger partial charge in [-0.2, -0.15) is 5.10 Å². The molecule has 0 saturated heterocycles. The molecular weight excluding hydrogens is 395 g/mol. The van der Waals surface area contributed by atoms with E-state index in [1.807, 2.05) is 36.5 Å². The van der Waals surface area contributed by atoms with Crippen LogP contribution in [0.2, 0.25) is 0 Å². The van der Waals surface area contributed by atoms with Crippen LogP contribution in [-0.4, -0.2) is 20.7 Å². The Kier molecular flexibility index (Phi) is 6.13. The third-order valence-corrected chi connectivity index (χ3v) is 4.44. The number of amides is 1. The zero-order valence-corrected chi connectivity index (χ0v) is 16.5. The van der Waals surface area contributed by atoms with Crippen molar-refractivity contribution in [3.8, 4) is 17.2 Å². The zero-order chi connectivity index (χ0) is 21.5. The van der Waals surface area contributed by atoms with Crippen LogP contribution < -0.4 is 10.1 Å². The van der Waals surface area contributed by atoms with Crippen LogP contribution in [0.15, 0.2) is 91.5 Å². The average Bonchev–Trinajstić information content (AvgIpc) is 3.34. The molecule has 154 valence electrons. The van der Waals surface area contributed by atoms with Crippen molar-refractivity contribution in [2.45, 2.75) is 6.54 Å². The Hall–Kier alpha value is -4.26. The first kappa shape index (κ1) is 20.0. The molecule has 0 radical (unpaired) electrons. The monoisotopic (exact) mass is 414 g/mol. The Morgan fingerprint density at radius 1 is 1.10 bits per heavy atom. The maximum Gasteiger partial charge on any atom is 0.244 e. The molecule has 2 aromatic carbocycles. The van der Waals surface area contributed by atoms with E-state index in [9.17, 15) is 9.18 Å². The number of carbonyl (C=O) groups excluding carboxylic acids is 1. The number of hydrogen-bond donors (Lipinski definition) is 1. The quantitative estimate of drug-likeness (QED) is 0.451. The predicted octanol–water partition coefficient (Wildman–Crippen LogP) is 4.53. The SMILES string of the molecule is O=C(/C=C/c1ccc(Oc2cccnc2)c(F)c1)NCc1ccccc1-n1cccn1. The number of carbonyl (C=O) groups is 1. The second-order valence-electron chi connectivity index (χ2n) is 6.61. The lowest BCUT2D eigenvalue weighted by molar-refractivity contribution is -0.116. The first-order valence-electron chi connectivity index (χ1n) is 9.60. The minimum absolute atomic E-state index is 0.0878. The molecule has 0 atom stereocenters. The summed E-state index contributed by atoms with van der Waals surface area (Å²) >= 11 is 0. The molecule has 0 saturated carbocycles. The number of pyridine rings is 1. The molecule has 0 aliphatic heterocycles. The summed E-state index contributed by atoms with van der Waals surface area (Å²) in [5.74, 6) is -0.282. The number of halogens is 1. The van der Waals surface area contributed by atoms with Crippen molar-refractivity contribution < 1.29 is 13.9 Å². The molecule has 0 bridgehead atoms. The van der Waals surface area contributed by atoms with E-state index in [1.165, 1.54) is 24.4 Å². The van der Waals surface area contributed by atoms with Crippen LogP contribution in [0.5, 0.6) is 11.5 Å². The number of nitrogens with one attached hydrogen (secondary N) is 1. The van der Waals surface area contributed by atoms with Gasteiger partial charge in [0.25, 0.3) is 0 Å². The molecule has 0 unspecified atom stereocenters. The summed E-state index contributed by atoms with van der Waals surface area (Å²) < 4.78 is 21.5. The molecule has 31 heavy (non-hydrogen) atoms. The number of benzene rings is 2. The van der Waals surface area contributed by atoms with E-state index in [0.717, 1.165) is 11.3 Å². The van der Waals surface area contributed by atoms with E-state index in [2.05, 4.69) is 15.4 Å². The van der Waals surface area contributed by atoms with Crippen LogP contribution >= 0.6 is 0 Å². The van der Waals surface area contributed by atoms with Crippen LogP contribution in [0.4, 0.5) is 4.39 Å². The first-order valence-corrected chi connectivity index (χ1v) is 9.60. The number of rotatable bonds is 7. The minimum Gasteiger partial charge on any atom is -0.453 e. The summed E-state index contributed by atoms with van der Waals surface area (Å²) in [6.45, 7) is 0.339. The largest absolute Gasteiger partial charge is 0.453 e. The Labute approximate surface area is 178 Å². The minimum atomic E-state index is -0.528. The van der Waals surface area contributed by atoms with Gasteiger partial charge in [0, 0.05) is 31.2 Å². The molecule has 4 aromatic rings.